The van der Waals surface area contributed by atoms with Crippen molar-refractivity contribution in [2.45, 2.75) is 32.2 Å². The number of anilines is 1. The lowest BCUT2D eigenvalue weighted by Crippen LogP contribution is -2.01. The molecule has 2 heterocycles. The van der Waals surface area contributed by atoms with Gasteiger partial charge in [0, 0.05) is 36.4 Å². The SMILES string of the molecule is Cc1ccncc1CNc1nc(C2CC2)ns1. The van der Waals surface area contributed by atoms with E-state index in [2.05, 4.69) is 26.6 Å². The van der Waals surface area contributed by atoms with E-state index >= 15 is 0 Å². The normalized spacial score (nSPS) is 14.9. The molecule has 5 heteroatoms. The van der Waals surface area contributed by atoms with Gasteiger partial charge in [-0.1, -0.05) is 0 Å². The average molecular weight is 246 g/mol. The molecule has 1 saturated carbocycles. The van der Waals surface area contributed by atoms with E-state index in [-0.39, 0.29) is 0 Å². The Morgan fingerprint density at radius 1 is 1.47 bits per heavy atom. The highest BCUT2D eigenvalue weighted by molar-refractivity contribution is 7.09. The third-order valence-corrected chi connectivity index (χ3v) is 3.65. The smallest absolute Gasteiger partial charge is 0.202 e. The van der Waals surface area contributed by atoms with Crippen LogP contribution in [0.3, 0.4) is 0 Å². The summed E-state index contributed by atoms with van der Waals surface area (Å²) in [5.41, 5.74) is 2.45. The summed E-state index contributed by atoms with van der Waals surface area (Å²) in [4.78, 5) is 8.62. The van der Waals surface area contributed by atoms with Crippen molar-refractivity contribution >= 4 is 16.7 Å². The summed E-state index contributed by atoms with van der Waals surface area (Å²) in [6.07, 6.45) is 6.20. The molecule has 0 spiro atoms. The second kappa shape index (κ2) is 4.41. The quantitative estimate of drug-likeness (QED) is 0.901. The number of nitrogens with one attached hydrogen (secondary N) is 1. The van der Waals surface area contributed by atoms with Crippen molar-refractivity contribution in [2.24, 2.45) is 0 Å². The van der Waals surface area contributed by atoms with Crippen LogP contribution in [-0.2, 0) is 6.54 Å². The van der Waals surface area contributed by atoms with Crippen molar-refractivity contribution in [3.63, 3.8) is 0 Å². The Labute approximate surface area is 104 Å². The van der Waals surface area contributed by atoms with E-state index in [0.717, 1.165) is 17.5 Å². The van der Waals surface area contributed by atoms with E-state index in [1.54, 1.807) is 0 Å². The van der Waals surface area contributed by atoms with Crippen LogP contribution in [0.25, 0.3) is 0 Å². The minimum Gasteiger partial charge on any atom is -0.356 e. The Morgan fingerprint density at radius 2 is 2.35 bits per heavy atom. The first kappa shape index (κ1) is 10.7. The predicted octanol–water partition coefficient (Wildman–Crippen LogP) is 2.73. The van der Waals surface area contributed by atoms with E-state index in [9.17, 15) is 0 Å². The highest BCUT2D eigenvalue weighted by Crippen LogP contribution is 2.39. The molecule has 1 fully saturated rings. The molecule has 0 aliphatic heterocycles. The summed E-state index contributed by atoms with van der Waals surface area (Å²) in [6, 6.07) is 2.02. The largest absolute Gasteiger partial charge is 0.356 e. The zero-order valence-electron chi connectivity index (χ0n) is 9.68. The van der Waals surface area contributed by atoms with Gasteiger partial charge in [-0.05, 0) is 37.0 Å². The molecular formula is C12H14N4S. The van der Waals surface area contributed by atoms with Gasteiger partial charge in [0.2, 0.25) is 5.13 Å². The summed E-state index contributed by atoms with van der Waals surface area (Å²) in [5, 5.41) is 4.22. The standard InChI is InChI=1S/C12H14N4S/c1-8-4-5-13-6-10(8)7-14-12-15-11(16-17-12)9-2-3-9/h4-6,9H,2-3,7H2,1H3,(H,14,15,16). The van der Waals surface area contributed by atoms with Crippen molar-refractivity contribution in [3.05, 3.63) is 35.4 Å². The fourth-order valence-electron chi connectivity index (χ4n) is 1.67. The summed E-state index contributed by atoms with van der Waals surface area (Å²) >= 11 is 1.45. The predicted molar refractivity (Wildman–Crippen MR) is 68.2 cm³/mol. The number of aromatic nitrogens is 3. The Morgan fingerprint density at radius 3 is 3.12 bits per heavy atom. The first-order valence-corrected chi connectivity index (χ1v) is 6.57. The van der Waals surface area contributed by atoms with Gasteiger partial charge in [0.15, 0.2) is 0 Å². The van der Waals surface area contributed by atoms with E-state index in [4.69, 9.17) is 0 Å². The summed E-state index contributed by atoms with van der Waals surface area (Å²) in [7, 11) is 0. The zero-order chi connectivity index (χ0) is 11.7. The monoisotopic (exact) mass is 246 g/mol. The Hall–Kier alpha value is -1.49. The van der Waals surface area contributed by atoms with E-state index in [0.29, 0.717) is 5.92 Å². The van der Waals surface area contributed by atoms with Gasteiger partial charge in [-0.2, -0.15) is 4.37 Å². The van der Waals surface area contributed by atoms with Crippen LogP contribution in [0.15, 0.2) is 18.5 Å². The van der Waals surface area contributed by atoms with Gasteiger partial charge in [-0.3, -0.25) is 4.98 Å². The van der Waals surface area contributed by atoms with Gasteiger partial charge in [0.25, 0.3) is 0 Å². The lowest BCUT2D eigenvalue weighted by atomic mass is 10.2. The lowest BCUT2D eigenvalue weighted by molar-refractivity contribution is 0.977. The molecule has 0 bridgehead atoms. The van der Waals surface area contributed by atoms with Crippen molar-refractivity contribution in [1.82, 2.24) is 14.3 Å². The maximum absolute atomic E-state index is 4.49. The molecule has 3 rings (SSSR count). The van der Waals surface area contributed by atoms with Crippen molar-refractivity contribution in [3.8, 4) is 0 Å². The maximum Gasteiger partial charge on any atom is 0.202 e. The minimum absolute atomic E-state index is 0.627. The van der Waals surface area contributed by atoms with Crippen LogP contribution in [0.4, 0.5) is 5.13 Å². The Bertz CT molecular complexity index is 519. The van der Waals surface area contributed by atoms with Gasteiger partial charge >= 0.3 is 0 Å². The molecule has 2 aromatic rings. The highest BCUT2D eigenvalue weighted by atomic mass is 32.1. The molecule has 88 valence electrons. The third kappa shape index (κ3) is 2.44. The molecule has 0 saturated heterocycles. The van der Waals surface area contributed by atoms with Gasteiger partial charge in [-0.15, -0.1) is 0 Å². The molecule has 0 unspecified atom stereocenters. The van der Waals surface area contributed by atoms with Gasteiger partial charge in [0.05, 0.1) is 0 Å². The molecule has 1 N–H and O–H groups in total. The minimum atomic E-state index is 0.627. The molecular weight excluding hydrogens is 232 g/mol. The second-order valence-corrected chi connectivity index (χ2v) is 5.14. The van der Waals surface area contributed by atoms with Crippen LogP contribution in [0, 0.1) is 6.92 Å². The van der Waals surface area contributed by atoms with Gasteiger partial charge < -0.3 is 5.32 Å². The van der Waals surface area contributed by atoms with Crippen LogP contribution in [0.2, 0.25) is 0 Å². The number of aryl methyl sites for hydroxylation is 1. The van der Waals surface area contributed by atoms with E-state index in [1.807, 2.05) is 18.5 Å². The number of hydrogen-bond acceptors (Lipinski definition) is 5. The third-order valence-electron chi connectivity index (χ3n) is 2.96. The molecule has 1 aliphatic carbocycles. The van der Waals surface area contributed by atoms with Crippen molar-refractivity contribution < 1.29 is 0 Å². The first-order chi connectivity index (χ1) is 8.33. The second-order valence-electron chi connectivity index (χ2n) is 4.39. The molecule has 4 nitrogen and oxygen atoms in total. The van der Waals surface area contributed by atoms with E-state index < -0.39 is 0 Å². The van der Waals surface area contributed by atoms with Crippen LogP contribution in [-0.4, -0.2) is 14.3 Å². The summed E-state index contributed by atoms with van der Waals surface area (Å²) in [6.45, 7) is 2.85. The number of pyridine rings is 1. The van der Waals surface area contributed by atoms with Gasteiger partial charge in [0.1, 0.15) is 5.82 Å². The fraction of sp³-hybridized carbons (Fsp3) is 0.417. The zero-order valence-corrected chi connectivity index (χ0v) is 10.5. The molecule has 0 amide bonds. The number of rotatable bonds is 4. The number of nitrogens with zero attached hydrogens (tertiary/aromatic N) is 3. The molecule has 2 aromatic heterocycles. The highest BCUT2D eigenvalue weighted by Gasteiger charge is 2.27. The maximum atomic E-state index is 4.49. The van der Waals surface area contributed by atoms with Crippen LogP contribution in [0.1, 0.15) is 35.7 Å². The van der Waals surface area contributed by atoms with E-state index in [1.165, 1.54) is 35.5 Å². The molecule has 1 aliphatic rings. The fourth-order valence-corrected chi connectivity index (χ4v) is 2.31. The summed E-state index contributed by atoms with van der Waals surface area (Å²) in [5.74, 6) is 1.64. The Balaban J connectivity index is 1.65. The molecule has 0 radical (unpaired) electrons. The van der Waals surface area contributed by atoms with Crippen molar-refractivity contribution in [1.29, 1.82) is 0 Å². The van der Waals surface area contributed by atoms with Crippen LogP contribution >= 0.6 is 11.5 Å². The van der Waals surface area contributed by atoms with Crippen LogP contribution < -0.4 is 5.32 Å². The first-order valence-electron chi connectivity index (χ1n) is 5.80. The molecule has 17 heavy (non-hydrogen) atoms. The average Bonchev–Trinajstić information content (AvgIpc) is 3.08. The van der Waals surface area contributed by atoms with Crippen molar-refractivity contribution in [2.75, 3.05) is 5.32 Å². The van der Waals surface area contributed by atoms with Gasteiger partial charge in [-0.25, -0.2) is 4.98 Å². The summed E-state index contributed by atoms with van der Waals surface area (Å²) < 4.78 is 4.37. The molecule has 0 atom stereocenters. The molecule has 0 aromatic carbocycles. The lowest BCUT2D eigenvalue weighted by Gasteiger charge is -2.04. The number of hydrogen-bond donors (Lipinski definition) is 1. The van der Waals surface area contributed by atoms with Crippen LogP contribution in [0.5, 0.6) is 0 Å². The topological polar surface area (TPSA) is 50.7 Å². The Kier molecular flexibility index (Phi) is 2.76.